The molecular weight excluding hydrogens is 316 g/mol. The fraction of sp³-hybridized carbons (Fsp3) is 0.684. The Balaban J connectivity index is 1.53. The molecule has 138 valence electrons. The van der Waals surface area contributed by atoms with Crippen molar-refractivity contribution in [3.8, 4) is 5.88 Å². The summed E-state index contributed by atoms with van der Waals surface area (Å²) in [6.45, 7) is 4.26. The second-order valence-corrected chi connectivity index (χ2v) is 7.10. The third-order valence-corrected chi connectivity index (χ3v) is 4.76. The molecule has 0 bridgehead atoms. The van der Waals surface area contributed by atoms with Gasteiger partial charge in [-0.25, -0.2) is 9.98 Å². The highest BCUT2D eigenvalue weighted by atomic mass is 16.5. The van der Waals surface area contributed by atoms with Crippen LogP contribution >= 0.6 is 0 Å². The molecule has 2 aliphatic carbocycles. The van der Waals surface area contributed by atoms with Crippen LogP contribution in [-0.4, -0.2) is 41.3 Å². The molecule has 0 aliphatic heterocycles. The molecule has 1 heterocycles. The highest BCUT2D eigenvalue weighted by molar-refractivity contribution is 5.80. The zero-order valence-corrected chi connectivity index (χ0v) is 15.1. The summed E-state index contributed by atoms with van der Waals surface area (Å²) in [5.41, 5.74) is 1.09. The number of guanidine groups is 1. The molecule has 6 heteroatoms. The molecule has 0 radical (unpaired) electrons. The van der Waals surface area contributed by atoms with Crippen LogP contribution in [0.25, 0.3) is 0 Å². The van der Waals surface area contributed by atoms with Crippen LogP contribution in [0, 0.1) is 5.92 Å². The first-order chi connectivity index (χ1) is 12.2. The zero-order chi connectivity index (χ0) is 17.5. The Kier molecular flexibility index (Phi) is 6.50. The van der Waals surface area contributed by atoms with Crippen LogP contribution < -0.4 is 15.4 Å². The average Bonchev–Trinajstić information content (AvgIpc) is 3.45. The number of aliphatic imine (C=N–C) groups is 1. The van der Waals surface area contributed by atoms with Crippen LogP contribution in [0.1, 0.15) is 51.0 Å². The van der Waals surface area contributed by atoms with Gasteiger partial charge >= 0.3 is 0 Å². The smallest absolute Gasteiger partial charge is 0.213 e. The number of aliphatic hydroxyl groups excluding tert-OH is 1. The van der Waals surface area contributed by atoms with Crippen molar-refractivity contribution >= 4 is 5.96 Å². The Morgan fingerprint density at radius 2 is 2.08 bits per heavy atom. The lowest BCUT2D eigenvalue weighted by molar-refractivity contribution is 0.120. The number of hydrogen-bond acceptors (Lipinski definition) is 4. The number of nitrogens with zero attached hydrogens (tertiary/aromatic N) is 2. The van der Waals surface area contributed by atoms with Gasteiger partial charge in [-0.05, 0) is 63.0 Å². The maximum atomic E-state index is 9.63. The number of aliphatic hydroxyl groups is 1. The Morgan fingerprint density at radius 1 is 1.28 bits per heavy atom. The molecule has 1 aromatic rings. The minimum absolute atomic E-state index is 0.136. The highest BCUT2D eigenvalue weighted by Crippen LogP contribution is 2.29. The van der Waals surface area contributed by atoms with Crippen molar-refractivity contribution in [3.63, 3.8) is 0 Å². The minimum Gasteiger partial charge on any atom is -0.477 e. The van der Waals surface area contributed by atoms with E-state index in [1.807, 2.05) is 12.1 Å². The van der Waals surface area contributed by atoms with Crippen LogP contribution in [0.5, 0.6) is 5.88 Å². The van der Waals surface area contributed by atoms with E-state index in [-0.39, 0.29) is 6.10 Å². The summed E-state index contributed by atoms with van der Waals surface area (Å²) < 4.78 is 5.74. The van der Waals surface area contributed by atoms with Gasteiger partial charge in [-0.3, -0.25) is 0 Å². The number of rotatable bonds is 7. The van der Waals surface area contributed by atoms with E-state index < -0.39 is 0 Å². The Morgan fingerprint density at radius 3 is 2.80 bits per heavy atom. The number of nitrogens with one attached hydrogen (secondary N) is 2. The predicted molar refractivity (Wildman–Crippen MR) is 98.7 cm³/mol. The van der Waals surface area contributed by atoms with E-state index in [4.69, 9.17) is 9.73 Å². The van der Waals surface area contributed by atoms with Crippen LogP contribution in [0.2, 0.25) is 0 Å². The highest BCUT2D eigenvalue weighted by Gasteiger charge is 2.22. The third kappa shape index (κ3) is 6.20. The van der Waals surface area contributed by atoms with Gasteiger partial charge in [0.15, 0.2) is 5.96 Å². The van der Waals surface area contributed by atoms with E-state index in [0.29, 0.717) is 18.5 Å². The van der Waals surface area contributed by atoms with Gasteiger partial charge in [0.25, 0.3) is 0 Å². The van der Waals surface area contributed by atoms with Gasteiger partial charge in [-0.1, -0.05) is 0 Å². The van der Waals surface area contributed by atoms with E-state index in [1.54, 1.807) is 6.20 Å². The molecule has 3 rings (SSSR count). The molecule has 0 aromatic carbocycles. The number of hydrogen-bond donors (Lipinski definition) is 3. The minimum atomic E-state index is -0.136. The number of aromatic nitrogens is 1. The van der Waals surface area contributed by atoms with Crippen molar-refractivity contribution in [2.24, 2.45) is 10.9 Å². The Bertz CT molecular complexity index is 566. The lowest BCUT2D eigenvalue weighted by atomic mass is 9.93. The molecule has 3 N–H and O–H groups in total. The summed E-state index contributed by atoms with van der Waals surface area (Å²) >= 11 is 0. The standard InChI is InChI=1S/C19H30N4O2/c1-2-20-19(23-16-5-7-17(24)8-6-16)22-12-15-9-10-21-18(11-15)25-13-14-3-4-14/h9-11,14,16-17,24H,2-8,12-13H2,1H3,(H2,20,22,23). The van der Waals surface area contributed by atoms with E-state index in [1.165, 1.54) is 12.8 Å². The van der Waals surface area contributed by atoms with Gasteiger partial charge in [0, 0.05) is 24.8 Å². The first-order valence-electron chi connectivity index (χ1n) is 9.53. The van der Waals surface area contributed by atoms with E-state index >= 15 is 0 Å². The van der Waals surface area contributed by atoms with Gasteiger partial charge < -0.3 is 20.5 Å². The van der Waals surface area contributed by atoms with Crippen molar-refractivity contribution in [1.82, 2.24) is 15.6 Å². The molecule has 2 aliphatic rings. The topological polar surface area (TPSA) is 78.8 Å². The van der Waals surface area contributed by atoms with Crippen LogP contribution in [0.3, 0.4) is 0 Å². The van der Waals surface area contributed by atoms with E-state index in [0.717, 1.165) is 56.3 Å². The summed E-state index contributed by atoms with van der Waals surface area (Å²) in [7, 11) is 0. The lowest BCUT2D eigenvalue weighted by Gasteiger charge is -2.27. The molecule has 2 fully saturated rings. The van der Waals surface area contributed by atoms with Crippen LogP contribution in [0.4, 0.5) is 0 Å². The molecule has 0 amide bonds. The molecule has 0 atom stereocenters. The van der Waals surface area contributed by atoms with Crippen LogP contribution in [0.15, 0.2) is 23.3 Å². The SMILES string of the molecule is CCNC(=NCc1ccnc(OCC2CC2)c1)NC1CCC(O)CC1. The maximum Gasteiger partial charge on any atom is 0.213 e. The van der Waals surface area contributed by atoms with Crippen molar-refractivity contribution in [2.75, 3.05) is 13.2 Å². The summed E-state index contributed by atoms with van der Waals surface area (Å²) in [5, 5.41) is 16.4. The van der Waals surface area contributed by atoms with Crippen molar-refractivity contribution in [3.05, 3.63) is 23.9 Å². The van der Waals surface area contributed by atoms with E-state index in [2.05, 4.69) is 22.5 Å². The third-order valence-electron chi connectivity index (χ3n) is 4.76. The fourth-order valence-electron chi connectivity index (χ4n) is 3.02. The molecular formula is C19H30N4O2. The normalized spacial score (nSPS) is 24.0. The summed E-state index contributed by atoms with van der Waals surface area (Å²) in [5.74, 6) is 2.25. The Labute approximate surface area is 150 Å². The monoisotopic (exact) mass is 346 g/mol. The van der Waals surface area contributed by atoms with E-state index in [9.17, 15) is 5.11 Å². The van der Waals surface area contributed by atoms with Crippen molar-refractivity contribution < 1.29 is 9.84 Å². The molecule has 2 saturated carbocycles. The van der Waals surface area contributed by atoms with Gasteiger partial charge in [0.05, 0.1) is 19.3 Å². The molecule has 6 nitrogen and oxygen atoms in total. The molecule has 25 heavy (non-hydrogen) atoms. The first kappa shape index (κ1) is 18.0. The fourth-order valence-corrected chi connectivity index (χ4v) is 3.02. The molecule has 1 aromatic heterocycles. The molecule has 0 saturated heterocycles. The second-order valence-electron chi connectivity index (χ2n) is 7.10. The van der Waals surface area contributed by atoms with Crippen LogP contribution in [-0.2, 0) is 6.54 Å². The summed E-state index contributed by atoms with van der Waals surface area (Å²) in [4.78, 5) is 8.97. The quantitative estimate of drug-likeness (QED) is 0.521. The van der Waals surface area contributed by atoms with Gasteiger partial charge in [-0.15, -0.1) is 0 Å². The average molecular weight is 346 g/mol. The predicted octanol–water partition coefficient (Wildman–Crippen LogP) is 2.23. The Hall–Kier alpha value is -1.82. The largest absolute Gasteiger partial charge is 0.477 e. The summed E-state index contributed by atoms with van der Waals surface area (Å²) in [6, 6.07) is 4.34. The number of pyridine rings is 1. The zero-order valence-electron chi connectivity index (χ0n) is 15.1. The van der Waals surface area contributed by atoms with Gasteiger partial charge in [-0.2, -0.15) is 0 Å². The second kappa shape index (κ2) is 9.04. The van der Waals surface area contributed by atoms with Crippen molar-refractivity contribution in [1.29, 1.82) is 0 Å². The first-order valence-corrected chi connectivity index (χ1v) is 9.53. The molecule has 0 unspecified atom stereocenters. The van der Waals surface area contributed by atoms with Gasteiger partial charge in [0.1, 0.15) is 0 Å². The summed E-state index contributed by atoms with van der Waals surface area (Å²) in [6.07, 6.45) is 7.91. The maximum absolute atomic E-state index is 9.63. The lowest BCUT2D eigenvalue weighted by Crippen LogP contribution is -2.45. The number of ether oxygens (including phenoxy) is 1. The van der Waals surface area contributed by atoms with Gasteiger partial charge in [0.2, 0.25) is 5.88 Å². The van der Waals surface area contributed by atoms with Crippen molar-refractivity contribution in [2.45, 2.75) is 64.1 Å². The molecule has 0 spiro atoms.